The van der Waals surface area contributed by atoms with E-state index in [4.69, 9.17) is 5.73 Å². The van der Waals surface area contributed by atoms with Crippen LogP contribution in [0.15, 0.2) is 30.3 Å². The lowest BCUT2D eigenvalue weighted by Gasteiger charge is -2.11. The maximum absolute atomic E-state index is 11.3. The van der Waals surface area contributed by atoms with Gasteiger partial charge >= 0.3 is 0 Å². The highest BCUT2D eigenvalue weighted by molar-refractivity contribution is 5.85. The van der Waals surface area contributed by atoms with Crippen molar-refractivity contribution in [1.29, 1.82) is 0 Å². The second kappa shape index (κ2) is 9.88. The molecule has 102 valence electrons. The third-order valence-electron chi connectivity index (χ3n) is 2.46. The standard InChI is InChI=1S/C13H20N2O2.ClH/c14-8-4-7-13(17)15-10-12(16)9-11-5-2-1-3-6-11;/h1-3,5-6,12,16H,4,7-10,14H2,(H,15,17);1H. The van der Waals surface area contributed by atoms with Crippen LogP contribution in [0.1, 0.15) is 18.4 Å². The van der Waals surface area contributed by atoms with Crippen molar-refractivity contribution >= 4 is 18.3 Å². The summed E-state index contributed by atoms with van der Waals surface area (Å²) in [5.41, 5.74) is 6.37. The molecule has 0 aliphatic rings. The average molecular weight is 273 g/mol. The topological polar surface area (TPSA) is 75.4 Å². The van der Waals surface area contributed by atoms with Gasteiger partial charge in [-0.25, -0.2) is 0 Å². The Kier molecular flexibility index (Phi) is 9.28. The first-order valence-electron chi connectivity index (χ1n) is 5.91. The summed E-state index contributed by atoms with van der Waals surface area (Å²) < 4.78 is 0. The third-order valence-corrected chi connectivity index (χ3v) is 2.46. The van der Waals surface area contributed by atoms with Crippen molar-refractivity contribution in [3.8, 4) is 0 Å². The summed E-state index contributed by atoms with van der Waals surface area (Å²) in [6.45, 7) is 0.804. The van der Waals surface area contributed by atoms with Crippen molar-refractivity contribution in [3.63, 3.8) is 0 Å². The van der Waals surface area contributed by atoms with Crippen LogP contribution in [0.5, 0.6) is 0 Å². The molecule has 0 bridgehead atoms. The van der Waals surface area contributed by atoms with E-state index < -0.39 is 6.10 Å². The number of hydrogen-bond acceptors (Lipinski definition) is 3. The Labute approximate surface area is 114 Å². The van der Waals surface area contributed by atoms with Crippen molar-refractivity contribution in [2.45, 2.75) is 25.4 Å². The van der Waals surface area contributed by atoms with E-state index in [1.807, 2.05) is 30.3 Å². The minimum atomic E-state index is -0.542. The highest BCUT2D eigenvalue weighted by Gasteiger charge is 2.07. The molecule has 1 rings (SSSR count). The van der Waals surface area contributed by atoms with E-state index >= 15 is 0 Å². The number of benzene rings is 1. The van der Waals surface area contributed by atoms with Crippen LogP contribution in [0.3, 0.4) is 0 Å². The van der Waals surface area contributed by atoms with E-state index in [9.17, 15) is 9.90 Å². The summed E-state index contributed by atoms with van der Waals surface area (Å²) in [6, 6.07) is 9.72. The van der Waals surface area contributed by atoms with Crippen LogP contribution in [-0.4, -0.2) is 30.2 Å². The lowest BCUT2D eigenvalue weighted by atomic mass is 10.1. The molecule has 0 aliphatic heterocycles. The number of carbonyl (C=O) groups is 1. The molecule has 4 nitrogen and oxygen atoms in total. The van der Waals surface area contributed by atoms with Crippen LogP contribution in [0.4, 0.5) is 0 Å². The van der Waals surface area contributed by atoms with Crippen LogP contribution in [-0.2, 0) is 11.2 Å². The Hall–Kier alpha value is -1.10. The number of carbonyl (C=O) groups excluding carboxylic acids is 1. The van der Waals surface area contributed by atoms with Crippen molar-refractivity contribution in [3.05, 3.63) is 35.9 Å². The highest BCUT2D eigenvalue weighted by atomic mass is 35.5. The largest absolute Gasteiger partial charge is 0.391 e. The van der Waals surface area contributed by atoms with Crippen LogP contribution in [0.25, 0.3) is 0 Å². The molecule has 5 heteroatoms. The summed E-state index contributed by atoms with van der Waals surface area (Å²) in [7, 11) is 0. The minimum absolute atomic E-state index is 0. The maximum atomic E-state index is 11.3. The Morgan fingerprint density at radius 2 is 2.00 bits per heavy atom. The zero-order valence-electron chi connectivity index (χ0n) is 10.3. The van der Waals surface area contributed by atoms with Gasteiger partial charge in [0.05, 0.1) is 6.10 Å². The van der Waals surface area contributed by atoms with E-state index in [1.54, 1.807) is 0 Å². The minimum Gasteiger partial charge on any atom is -0.391 e. The van der Waals surface area contributed by atoms with Crippen molar-refractivity contribution in [1.82, 2.24) is 5.32 Å². The van der Waals surface area contributed by atoms with Crippen LogP contribution >= 0.6 is 12.4 Å². The molecule has 1 atom stereocenters. The summed E-state index contributed by atoms with van der Waals surface area (Å²) in [4.78, 5) is 11.3. The molecule has 0 spiro atoms. The van der Waals surface area contributed by atoms with Gasteiger partial charge in [0.25, 0.3) is 0 Å². The van der Waals surface area contributed by atoms with E-state index in [0.717, 1.165) is 5.56 Å². The van der Waals surface area contributed by atoms with Crippen LogP contribution < -0.4 is 11.1 Å². The number of aliphatic hydroxyl groups excluding tert-OH is 1. The number of amides is 1. The Morgan fingerprint density at radius 1 is 1.33 bits per heavy atom. The molecule has 1 unspecified atom stereocenters. The van der Waals surface area contributed by atoms with Gasteiger partial charge in [0.1, 0.15) is 0 Å². The zero-order chi connectivity index (χ0) is 12.5. The van der Waals surface area contributed by atoms with Crippen molar-refractivity contribution in [2.75, 3.05) is 13.1 Å². The summed E-state index contributed by atoms with van der Waals surface area (Å²) in [5.74, 6) is -0.0532. The van der Waals surface area contributed by atoms with E-state index in [0.29, 0.717) is 25.8 Å². The molecule has 0 saturated heterocycles. The quantitative estimate of drug-likeness (QED) is 0.689. The summed E-state index contributed by atoms with van der Waals surface area (Å²) in [6.07, 6.45) is 1.12. The van der Waals surface area contributed by atoms with Gasteiger partial charge in [-0.15, -0.1) is 12.4 Å². The predicted octanol–water partition coefficient (Wildman–Crippen LogP) is 0.867. The van der Waals surface area contributed by atoms with Gasteiger partial charge in [-0.2, -0.15) is 0 Å². The zero-order valence-corrected chi connectivity index (χ0v) is 11.2. The first-order valence-corrected chi connectivity index (χ1v) is 5.91. The van der Waals surface area contributed by atoms with E-state index in [2.05, 4.69) is 5.32 Å². The molecule has 0 fully saturated rings. The monoisotopic (exact) mass is 272 g/mol. The fourth-order valence-electron chi connectivity index (χ4n) is 1.54. The van der Waals surface area contributed by atoms with Gasteiger partial charge in [0.15, 0.2) is 0 Å². The van der Waals surface area contributed by atoms with Gasteiger partial charge < -0.3 is 16.2 Å². The second-order valence-electron chi connectivity index (χ2n) is 4.04. The molecule has 0 saturated carbocycles. The molecule has 1 amide bonds. The number of hydrogen-bond donors (Lipinski definition) is 3. The fraction of sp³-hybridized carbons (Fsp3) is 0.462. The smallest absolute Gasteiger partial charge is 0.220 e. The number of aliphatic hydroxyl groups is 1. The van der Waals surface area contributed by atoms with Crippen molar-refractivity contribution in [2.24, 2.45) is 5.73 Å². The Morgan fingerprint density at radius 3 is 2.61 bits per heavy atom. The van der Waals surface area contributed by atoms with Crippen LogP contribution in [0, 0.1) is 0 Å². The number of rotatable bonds is 7. The molecule has 0 aliphatic carbocycles. The van der Waals surface area contributed by atoms with Gasteiger partial charge in [0.2, 0.25) is 5.91 Å². The highest BCUT2D eigenvalue weighted by Crippen LogP contribution is 2.02. The van der Waals surface area contributed by atoms with Gasteiger partial charge in [0, 0.05) is 19.4 Å². The Bertz CT molecular complexity index is 333. The molecule has 4 N–H and O–H groups in total. The number of nitrogens with two attached hydrogens (primary N) is 1. The SMILES string of the molecule is Cl.NCCCC(=O)NCC(O)Cc1ccccc1. The van der Waals surface area contributed by atoms with Gasteiger partial charge in [-0.05, 0) is 18.5 Å². The average Bonchev–Trinajstić information content (AvgIpc) is 2.35. The predicted molar refractivity (Wildman–Crippen MR) is 74.7 cm³/mol. The van der Waals surface area contributed by atoms with E-state index in [-0.39, 0.29) is 24.9 Å². The normalized spacial score (nSPS) is 11.4. The number of nitrogens with one attached hydrogen (secondary N) is 1. The molecule has 0 heterocycles. The molecule has 0 radical (unpaired) electrons. The lowest BCUT2D eigenvalue weighted by Crippen LogP contribution is -2.33. The first kappa shape index (κ1) is 16.9. The van der Waals surface area contributed by atoms with Crippen molar-refractivity contribution < 1.29 is 9.90 Å². The molecule has 1 aromatic rings. The summed E-state index contributed by atoms with van der Waals surface area (Å²) in [5, 5.41) is 12.4. The van der Waals surface area contributed by atoms with Gasteiger partial charge in [-0.3, -0.25) is 4.79 Å². The van der Waals surface area contributed by atoms with E-state index in [1.165, 1.54) is 0 Å². The third kappa shape index (κ3) is 7.27. The van der Waals surface area contributed by atoms with Gasteiger partial charge in [-0.1, -0.05) is 30.3 Å². The fourth-order valence-corrected chi connectivity index (χ4v) is 1.54. The second-order valence-corrected chi connectivity index (χ2v) is 4.04. The molecule has 1 aromatic carbocycles. The molecule has 18 heavy (non-hydrogen) atoms. The number of halogens is 1. The van der Waals surface area contributed by atoms with Crippen LogP contribution in [0.2, 0.25) is 0 Å². The summed E-state index contributed by atoms with van der Waals surface area (Å²) >= 11 is 0. The molecule has 0 aromatic heterocycles. The Balaban J connectivity index is 0.00000289. The maximum Gasteiger partial charge on any atom is 0.220 e. The molecular weight excluding hydrogens is 252 g/mol. The lowest BCUT2D eigenvalue weighted by molar-refractivity contribution is -0.121. The molecular formula is C13H21ClN2O2. The first-order chi connectivity index (χ1) is 8.22.